The van der Waals surface area contributed by atoms with E-state index in [-0.39, 0.29) is 5.91 Å². The predicted octanol–water partition coefficient (Wildman–Crippen LogP) is 1.28. The van der Waals surface area contributed by atoms with E-state index in [9.17, 15) is 4.79 Å². The van der Waals surface area contributed by atoms with Gasteiger partial charge < -0.3 is 10.2 Å². The molecule has 0 unspecified atom stereocenters. The van der Waals surface area contributed by atoms with Crippen molar-refractivity contribution < 1.29 is 4.79 Å². The van der Waals surface area contributed by atoms with E-state index in [1.165, 1.54) is 6.33 Å². The van der Waals surface area contributed by atoms with Crippen LogP contribution >= 0.6 is 15.9 Å². The van der Waals surface area contributed by atoms with Crippen molar-refractivity contribution in [3.63, 3.8) is 0 Å². The fourth-order valence-electron chi connectivity index (χ4n) is 1.61. The van der Waals surface area contributed by atoms with Crippen LogP contribution in [0.1, 0.15) is 16.2 Å². The van der Waals surface area contributed by atoms with Crippen molar-refractivity contribution in [1.29, 1.82) is 0 Å². The highest BCUT2D eigenvalue weighted by atomic mass is 79.9. The summed E-state index contributed by atoms with van der Waals surface area (Å²) in [5.41, 5.74) is 0.499. The van der Waals surface area contributed by atoms with Crippen LogP contribution in [0.25, 0.3) is 0 Å². The quantitative estimate of drug-likeness (QED) is 0.884. The number of amides is 1. The van der Waals surface area contributed by atoms with Crippen LogP contribution < -0.4 is 5.32 Å². The van der Waals surface area contributed by atoms with Crippen molar-refractivity contribution in [1.82, 2.24) is 25.1 Å². The lowest BCUT2D eigenvalue weighted by Gasteiger charge is -2.17. The SMILES string of the molecule is CNc1ncc(Br)cc1C(=O)N(C)Cc1ncn[nH]1. The van der Waals surface area contributed by atoms with Gasteiger partial charge in [0.15, 0.2) is 0 Å². The van der Waals surface area contributed by atoms with E-state index in [0.717, 1.165) is 4.47 Å². The van der Waals surface area contributed by atoms with Gasteiger partial charge in [-0.2, -0.15) is 5.10 Å². The molecule has 8 heteroatoms. The maximum atomic E-state index is 12.4. The lowest BCUT2D eigenvalue weighted by atomic mass is 10.2. The molecule has 2 aromatic heterocycles. The molecule has 100 valence electrons. The molecule has 2 rings (SSSR count). The number of carbonyl (C=O) groups excluding carboxylic acids is 1. The molecule has 0 aliphatic heterocycles. The zero-order chi connectivity index (χ0) is 13.8. The molecule has 2 N–H and O–H groups in total. The number of nitrogens with one attached hydrogen (secondary N) is 2. The lowest BCUT2D eigenvalue weighted by Crippen LogP contribution is -2.27. The summed E-state index contributed by atoms with van der Waals surface area (Å²) in [6.07, 6.45) is 3.05. The standard InChI is InChI=1S/C11H13BrN6O/c1-13-10-8(3-7(12)4-14-10)11(19)18(2)5-9-15-6-16-17-9/h3-4,6H,5H2,1-2H3,(H,13,14)(H,15,16,17). The number of nitrogens with zero attached hydrogens (tertiary/aromatic N) is 4. The van der Waals surface area contributed by atoms with Gasteiger partial charge in [-0.25, -0.2) is 9.97 Å². The molecule has 0 saturated heterocycles. The number of anilines is 1. The van der Waals surface area contributed by atoms with E-state index >= 15 is 0 Å². The number of pyridine rings is 1. The summed E-state index contributed by atoms with van der Waals surface area (Å²) in [5.74, 6) is 1.02. The number of hydrogen-bond donors (Lipinski definition) is 2. The van der Waals surface area contributed by atoms with Gasteiger partial charge in [-0.05, 0) is 22.0 Å². The van der Waals surface area contributed by atoms with Crippen molar-refractivity contribution in [2.24, 2.45) is 0 Å². The number of carbonyl (C=O) groups is 1. The zero-order valence-corrected chi connectivity index (χ0v) is 12.1. The van der Waals surface area contributed by atoms with Crippen molar-refractivity contribution in [2.75, 3.05) is 19.4 Å². The highest BCUT2D eigenvalue weighted by Crippen LogP contribution is 2.19. The Labute approximate surface area is 118 Å². The summed E-state index contributed by atoms with van der Waals surface area (Å²) in [5, 5.41) is 9.37. The molecule has 0 bridgehead atoms. The summed E-state index contributed by atoms with van der Waals surface area (Å²) < 4.78 is 0.753. The van der Waals surface area contributed by atoms with E-state index in [4.69, 9.17) is 0 Å². The Balaban J connectivity index is 2.21. The monoisotopic (exact) mass is 324 g/mol. The molecule has 0 aliphatic carbocycles. The van der Waals surface area contributed by atoms with Crippen LogP contribution in [-0.4, -0.2) is 45.1 Å². The largest absolute Gasteiger partial charge is 0.372 e. The normalized spacial score (nSPS) is 10.3. The first-order valence-corrected chi connectivity index (χ1v) is 6.34. The topological polar surface area (TPSA) is 86.8 Å². The fourth-order valence-corrected chi connectivity index (χ4v) is 1.94. The van der Waals surface area contributed by atoms with Crippen LogP contribution in [0, 0.1) is 0 Å². The van der Waals surface area contributed by atoms with E-state index in [0.29, 0.717) is 23.8 Å². The molecule has 19 heavy (non-hydrogen) atoms. The average Bonchev–Trinajstić information content (AvgIpc) is 2.90. The van der Waals surface area contributed by atoms with Crippen LogP contribution in [-0.2, 0) is 6.54 Å². The van der Waals surface area contributed by atoms with E-state index in [2.05, 4.69) is 41.4 Å². The van der Waals surface area contributed by atoms with Gasteiger partial charge in [0.05, 0.1) is 12.1 Å². The molecular weight excluding hydrogens is 312 g/mol. The molecule has 0 aliphatic rings. The number of hydrogen-bond acceptors (Lipinski definition) is 5. The van der Waals surface area contributed by atoms with Crippen LogP contribution in [0.2, 0.25) is 0 Å². The maximum absolute atomic E-state index is 12.4. The molecule has 0 fully saturated rings. The first kappa shape index (κ1) is 13.5. The zero-order valence-electron chi connectivity index (χ0n) is 10.5. The molecule has 7 nitrogen and oxygen atoms in total. The summed E-state index contributed by atoms with van der Waals surface area (Å²) >= 11 is 3.31. The van der Waals surface area contributed by atoms with Gasteiger partial charge in [0.2, 0.25) is 0 Å². The lowest BCUT2D eigenvalue weighted by molar-refractivity contribution is 0.0782. The number of halogens is 1. The Morgan fingerprint density at radius 2 is 2.32 bits per heavy atom. The van der Waals surface area contributed by atoms with Crippen molar-refractivity contribution in [3.8, 4) is 0 Å². The highest BCUT2D eigenvalue weighted by Gasteiger charge is 2.17. The summed E-state index contributed by atoms with van der Waals surface area (Å²) in [6, 6.07) is 1.73. The Morgan fingerprint density at radius 1 is 1.53 bits per heavy atom. The highest BCUT2D eigenvalue weighted by molar-refractivity contribution is 9.10. The summed E-state index contributed by atoms with van der Waals surface area (Å²) in [6.45, 7) is 0.356. The third kappa shape index (κ3) is 3.08. The molecule has 2 heterocycles. The van der Waals surface area contributed by atoms with Gasteiger partial charge in [0.25, 0.3) is 5.91 Å². The fraction of sp³-hybridized carbons (Fsp3) is 0.273. The molecule has 2 aromatic rings. The van der Waals surface area contributed by atoms with Crippen LogP contribution in [0.15, 0.2) is 23.1 Å². The van der Waals surface area contributed by atoms with Crippen LogP contribution in [0.4, 0.5) is 5.82 Å². The van der Waals surface area contributed by atoms with Crippen molar-refractivity contribution in [3.05, 3.63) is 34.5 Å². The van der Waals surface area contributed by atoms with Gasteiger partial charge in [0, 0.05) is 24.8 Å². The Morgan fingerprint density at radius 3 is 2.95 bits per heavy atom. The first-order valence-electron chi connectivity index (χ1n) is 5.55. The Hall–Kier alpha value is -1.96. The van der Waals surface area contributed by atoms with Gasteiger partial charge in [-0.3, -0.25) is 9.89 Å². The van der Waals surface area contributed by atoms with E-state index < -0.39 is 0 Å². The Kier molecular flexibility index (Phi) is 4.10. The minimum absolute atomic E-state index is 0.144. The summed E-state index contributed by atoms with van der Waals surface area (Å²) in [7, 11) is 3.43. The second kappa shape index (κ2) is 5.79. The molecular formula is C11H13BrN6O. The van der Waals surface area contributed by atoms with Gasteiger partial charge in [-0.1, -0.05) is 0 Å². The molecule has 1 amide bonds. The predicted molar refractivity (Wildman–Crippen MR) is 73.7 cm³/mol. The number of rotatable bonds is 4. The average molecular weight is 325 g/mol. The number of H-pyrrole nitrogens is 1. The third-order valence-electron chi connectivity index (χ3n) is 2.52. The molecule has 0 saturated carbocycles. The number of aromatic amines is 1. The van der Waals surface area contributed by atoms with Gasteiger partial charge >= 0.3 is 0 Å². The smallest absolute Gasteiger partial charge is 0.257 e. The Bertz CT molecular complexity index is 571. The van der Waals surface area contributed by atoms with Crippen LogP contribution in [0.3, 0.4) is 0 Å². The summed E-state index contributed by atoms with van der Waals surface area (Å²) in [4.78, 5) is 22.1. The van der Waals surface area contributed by atoms with E-state index in [1.807, 2.05) is 0 Å². The van der Waals surface area contributed by atoms with Gasteiger partial charge in [-0.15, -0.1) is 0 Å². The molecule has 0 atom stereocenters. The minimum Gasteiger partial charge on any atom is -0.372 e. The molecule has 0 spiro atoms. The van der Waals surface area contributed by atoms with Gasteiger partial charge in [0.1, 0.15) is 18.0 Å². The second-order valence-electron chi connectivity index (χ2n) is 3.89. The van der Waals surface area contributed by atoms with Crippen molar-refractivity contribution in [2.45, 2.75) is 6.54 Å². The maximum Gasteiger partial charge on any atom is 0.257 e. The first-order chi connectivity index (χ1) is 9.11. The minimum atomic E-state index is -0.144. The van der Waals surface area contributed by atoms with Crippen LogP contribution in [0.5, 0.6) is 0 Å². The van der Waals surface area contributed by atoms with E-state index in [1.54, 1.807) is 31.3 Å². The third-order valence-corrected chi connectivity index (χ3v) is 2.95. The molecule has 0 aromatic carbocycles. The second-order valence-corrected chi connectivity index (χ2v) is 4.81. The van der Waals surface area contributed by atoms with Crippen molar-refractivity contribution >= 4 is 27.7 Å². The molecule has 0 radical (unpaired) electrons. The number of aromatic nitrogens is 4.